The van der Waals surface area contributed by atoms with E-state index < -0.39 is 5.97 Å². The normalized spacial score (nSPS) is 15.0. The molecule has 0 unspecified atom stereocenters. The van der Waals surface area contributed by atoms with Crippen LogP contribution in [0.15, 0.2) is 66.8 Å². The van der Waals surface area contributed by atoms with E-state index in [1.54, 1.807) is 56.2 Å². The van der Waals surface area contributed by atoms with Crippen molar-refractivity contribution in [2.24, 2.45) is 0 Å². The number of benzene rings is 2. The fourth-order valence-electron chi connectivity index (χ4n) is 3.79. The van der Waals surface area contributed by atoms with Crippen LogP contribution in [0.3, 0.4) is 0 Å². The van der Waals surface area contributed by atoms with Gasteiger partial charge in [0.15, 0.2) is 17.2 Å². The van der Waals surface area contributed by atoms with Crippen molar-refractivity contribution in [3.05, 3.63) is 89.3 Å². The summed E-state index contributed by atoms with van der Waals surface area (Å²) in [5, 5.41) is 7.48. The van der Waals surface area contributed by atoms with E-state index in [-0.39, 0.29) is 5.91 Å². The number of nitrogens with one attached hydrogen (secondary N) is 1. The second-order valence-corrected chi connectivity index (χ2v) is 7.77. The molecule has 4 rings (SSSR count). The Morgan fingerprint density at radius 2 is 1.80 bits per heavy atom. The van der Waals surface area contributed by atoms with Crippen LogP contribution in [0.5, 0.6) is 11.5 Å². The summed E-state index contributed by atoms with van der Waals surface area (Å²) in [5.74, 6) is 0.498. The molecule has 180 valence electrons. The lowest BCUT2D eigenvalue weighted by Crippen LogP contribution is -2.14. The van der Waals surface area contributed by atoms with E-state index >= 15 is 0 Å². The van der Waals surface area contributed by atoms with Crippen LogP contribution in [-0.2, 0) is 11.2 Å². The number of ether oxygens (including phenoxy) is 3. The van der Waals surface area contributed by atoms with Gasteiger partial charge in [-0.3, -0.25) is 4.79 Å². The van der Waals surface area contributed by atoms with Crippen LogP contribution >= 0.6 is 0 Å². The Morgan fingerprint density at radius 1 is 1.03 bits per heavy atom. The van der Waals surface area contributed by atoms with E-state index in [2.05, 4.69) is 16.5 Å². The van der Waals surface area contributed by atoms with Gasteiger partial charge in [-0.1, -0.05) is 12.2 Å². The van der Waals surface area contributed by atoms with E-state index in [4.69, 9.17) is 14.2 Å². The Kier molecular flexibility index (Phi) is 7.30. The molecule has 0 spiro atoms. The minimum Gasteiger partial charge on any atom is -0.493 e. The molecule has 1 N–H and O–H groups in total. The van der Waals surface area contributed by atoms with Crippen molar-refractivity contribution in [1.29, 1.82) is 0 Å². The second-order valence-electron chi connectivity index (χ2n) is 7.77. The number of aromatic nitrogens is 2. The molecule has 1 amide bonds. The Hall–Kier alpha value is -4.33. The number of hydrogen-bond donors (Lipinski definition) is 1. The minimum absolute atomic E-state index is 0.294. The lowest BCUT2D eigenvalue weighted by Gasteiger charge is -2.15. The number of aryl methyl sites for hydroxylation is 1. The molecule has 0 bridgehead atoms. The molecule has 0 atom stereocenters. The first kappa shape index (κ1) is 23.8. The average Bonchev–Trinajstić information content (AvgIpc) is 3.27. The van der Waals surface area contributed by atoms with Gasteiger partial charge in [-0.05, 0) is 74.4 Å². The Labute approximate surface area is 203 Å². The van der Waals surface area contributed by atoms with E-state index in [1.165, 1.54) is 0 Å². The number of amides is 1. The van der Waals surface area contributed by atoms with E-state index in [9.17, 15) is 9.59 Å². The van der Waals surface area contributed by atoms with Crippen LogP contribution in [0.1, 0.15) is 45.4 Å². The van der Waals surface area contributed by atoms with Crippen molar-refractivity contribution in [3.63, 3.8) is 0 Å². The number of hydrogen-bond acceptors (Lipinski definition) is 6. The van der Waals surface area contributed by atoms with Gasteiger partial charge in [0.25, 0.3) is 5.91 Å². The molecule has 0 aliphatic carbocycles. The quantitative estimate of drug-likeness (QED) is 0.499. The zero-order chi connectivity index (χ0) is 24.8. The van der Waals surface area contributed by atoms with E-state index in [0.29, 0.717) is 35.1 Å². The van der Waals surface area contributed by atoms with Crippen LogP contribution < -0.4 is 14.8 Å². The van der Waals surface area contributed by atoms with E-state index in [1.807, 2.05) is 30.4 Å². The number of fused-ring (bicyclic) bond motifs is 1. The molecule has 0 saturated heterocycles. The maximum atomic E-state index is 13.0. The predicted octanol–water partition coefficient (Wildman–Crippen LogP) is 4.72. The highest BCUT2D eigenvalue weighted by atomic mass is 16.5. The van der Waals surface area contributed by atoms with Crippen molar-refractivity contribution in [2.75, 3.05) is 26.1 Å². The number of esters is 1. The lowest BCUT2D eigenvalue weighted by atomic mass is 10.1. The highest BCUT2D eigenvalue weighted by Gasteiger charge is 2.19. The third kappa shape index (κ3) is 5.27. The fraction of sp³-hybridized carbons (Fsp3) is 0.222. The summed E-state index contributed by atoms with van der Waals surface area (Å²) in [5.41, 5.74) is 3.88. The van der Waals surface area contributed by atoms with Crippen LogP contribution in [0.25, 0.3) is 5.70 Å². The van der Waals surface area contributed by atoms with Gasteiger partial charge in [0, 0.05) is 16.9 Å². The third-order valence-corrected chi connectivity index (χ3v) is 5.53. The van der Waals surface area contributed by atoms with Gasteiger partial charge < -0.3 is 19.5 Å². The number of carbonyl (C=O) groups excluding carboxylic acids is 2. The van der Waals surface area contributed by atoms with E-state index in [0.717, 1.165) is 29.8 Å². The molecule has 0 saturated carbocycles. The second kappa shape index (κ2) is 10.7. The number of carbonyl (C=O) groups is 2. The largest absolute Gasteiger partial charge is 0.493 e. The topological polar surface area (TPSA) is 91.7 Å². The van der Waals surface area contributed by atoms with Gasteiger partial charge in [0.2, 0.25) is 0 Å². The van der Waals surface area contributed by atoms with Gasteiger partial charge in [-0.25, -0.2) is 9.48 Å². The van der Waals surface area contributed by atoms with Gasteiger partial charge in [-0.2, -0.15) is 5.10 Å². The first-order valence-corrected chi connectivity index (χ1v) is 11.3. The van der Waals surface area contributed by atoms with Crippen molar-refractivity contribution in [1.82, 2.24) is 9.78 Å². The molecule has 2 heterocycles. The molecule has 1 aliphatic heterocycles. The Balaban J connectivity index is 1.61. The van der Waals surface area contributed by atoms with Gasteiger partial charge in [-0.15, -0.1) is 0 Å². The zero-order valence-corrected chi connectivity index (χ0v) is 19.9. The summed E-state index contributed by atoms with van der Waals surface area (Å²) in [6.45, 7) is 2.06. The lowest BCUT2D eigenvalue weighted by molar-refractivity contribution is 0.0526. The summed E-state index contributed by atoms with van der Waals surface area (Å²) in [7, 11) is 3.19. The molecule has 35 heavy (non-hydrogen) atoms. The van der Waals surface area contributed by atoms with Crippen LogP contribution in [0.4, 0.5) is 5.69 Å². The molecule has 1 aliphatic rings. The number of anilines is 1. The number of nitrogens with zero attached hydrogens (tertiary/aromatic N) is 2. The van der Waals surface area contributed by atoms with Crippen LogP contribution in [-0.4, -0.2) is 42.5 Å². The molecule has 8 nitrogen and oxygen atoms in total. The molecule has 0 radical (unpaired) electrons. The molecule has 0 fully saturated rings. The standard InChI is InChI=1S/C27H27N3O5/c1-4-35-27(32)18-10-13-20(14-11-18)28-26(31)22-17-21-8-6-5-7-9-23(30(21)29-22)19-12-15-24(33-2)25(16-19)34-3/h5,7,9-17H,4,6,8H2,1-3H3,(H,28,31)/b7-5-,23-9-. The van der Waals surface area contributed by atoms with Crippen LogP contribution in [0, 0.1) is 0 Å². The maximum absolute atomic E-state index is 13.0. The average molecular weight is 474 g/mol. The van der Waals surface area contributed by atoms with Gasteiger partial charge in [0.1, 0.15) is 0 Å². The summed E-state index contributed by atoms with van der Waals surface area (Å²) in [6, 6.07) is 14.0. The van der Waals surface area contributed by atoms with Crippen LogP contribution in [0.2, 0.25) is 0 Å². The molecular weight excluding hydrogens is 446 g/mol. The zero-order valence-electron chi connectivity index (χ0n) is 19.9. The highest BCUT2D eigenvalue weighted by molar-refractivity contribution is 6.03. The third-order valence-electron chi connectivity index (χ3n) is 5.53. The fourth-order valence-corrected chi connectivity index (χ4v) is 3.79. The summed E-state index contributed by atoms with van der Waals surface area (Å²) >= 11 is 0. The highest BCUT2D eigenvalue weighted by Crippen LogP contribution is 2.32. The van der Waals surface area contributed by atoms with Crippen molar-refractivity contribution < 1.29 is 23.8 Å². The van der Waals surface area contributed by atoms with Crippen molar-refractivity contribution >= 4 is 23.3 Å². The van der Waals surface area contributed by atoms with Gasteiger partial charge in [0.05, 0.1) is 32.1 Å². The molecule has 2 aromatic carbocycles. The van der Waals surface area contributed by atoms with Crippen molar-refractivity contribution in [3.8, 4) is 11.5 Å². The maximum Gasteiger partial charge on any atom is 0.338 e. The minimum atomic E-state index is -0.401. The molecule has 8 heteroatoms. The molecule has 3 aromatic rings. The smallest absolute Gasteiger partial charge is 0.338 e. The monoisotopic (exact) mass is 473 g/mol. The number of allylic oxidation sites excluding steroid dienone is 3. The number of rotatable bonds is 7. The predicted molar refractivity (Wildman–Crippen MR) is 133 cm³/mol. The summed E-state index contributed by atoms with van der Waals surface area (Å²) in [6.07, 6.45) is 7.60. The SMILES string of the molecule is CCOC(=O)c1ccc(NC(=O)c2cc3n(n2)/C(c2ccc(OC)c(OC)c2)=C\C=C/CC3)cc1. The Morgan fingerprint density at radius 3 is 2.51 bits per heavy atom. The first-order valence-electron chi connectivity index (χ1n) is 11.3. The molecule has 1 aromatic heterocycles. The van der Waals surface area contributed by atoms with Gasteiger partial charge >= 0.3 is 5.97 Å². The summed E-state index contributed by atoms with van der Waals surface area (Å²) < 4.78 is 17.6. The summed E-state index contributed by atoms with van der Waals surface area (Å²) in [4.78, 5) is 24.8. The molecular formula is C27H27N3O5. The first-order chi connectivity index (χ1) is 17.0. The van der Waals surface area contributed by atoms with Crippen molar-refractivity contribution in [2.45, 2.75) is 19.8 Å². The Bertz CT molecular complexity index is 1290. The number of methoxy groups -OCH3 is 2.